The number of fused-ring (bicyclic) bond motifs is 1. The summed E-state index contributed by atoms with van der Waals surface area (Å²) in [5.74, 6) is 0.673. The number of hydrogen-bond acceptors (Lipinski definition) is 7. The maximum atomic E-state index is 12.4. The number of anilines is 1. The van der Waals surface area contributed by atoms with Crippen LogP contribution in [0, 0.1) is 10.1 Å². The zero-order valence-corrected chi connectivity index (χ0v) is 14.6. The van der Waals surface area contributed by atoms with Crippen LogP contribution in [0.1, 0.15) is 6.92 Å². The van der Waals surface area contributed by atoms with Gasteiger partial charge in [0.2, 0.25) is 0 Å². The second kappa shape index (κ2) is 6.65. The summed E-state index contributed by atoms with van der Waals surface area (Å²) in [7, 11) is -3.98. The normalized spacial score (nSPS) is 11.4. The smallest absolute Gasteiger partial charge is 0.270 e. The molecule has 130 valence electrons. The van der Waals surface area contributed by atoms with E-state index >= 15 is 0 Å². The van der Waals surface area contributed by atoms with Crippen molar-refractivity contribution in [2.75, 3.05) is 11.3 Å². The van der Waals surface area contributed by atoms with Gasteiger partial charge in [-0.05, 0) is 31.2 Å². The first-order chi connectivity index (χ1) is 11.9. The van der Waals surface area contributed by atoms with Gasteiger partial charge in [-0.1, -0.05) is 17.4 Å². The van der Waals surface area contributed by atoms with Crippen LogP contribution in [0.15, 0.2) is 47.4 Å². The molecule has 8 nitrogen and oxygen atoms in total. The minimum absolute atomic E-state index is 0.176. The van der Waals surface area contributed by atoms with Gasteiger partial charge in [-0.3, -0.25) is 14.8 Å². The standard InChI is InChI=1S/C15H13N3O5S2/c1-2-23-11-6-7-13-14(9-11)24-15(16-13)17-25(21,22)12-5-3-4-10(8-12)18(19)20/h3-9H,2H2,1H3,(H,16,17). The molecule has 0 saturated carbocycles. The molecule has 0 aliphatic carbocycles. The summed E-state index contributed by atoms with van der Waals surface area (Å²) in [6.07, 6.45) is 0. The van der Waals surface area contributed by atoms with Gasteiger partial charge in [0.25, 0.3) is 15.7 Å². The Hall–Kier alpha value is -2.72. The van der Waals surface area contributed by atoms with Gasteiger partial charge in [-0.15, -0.1) is 0 Å². The summed E-state index contributed by atoms with van der Waals surface area (Å²) in [5, 5.41) is 11.0. The Balaban J connectivity index is 1.91. The number of nitrogens with zero attached hydrogens (tertiary/aromatic N) is 2. The van der Waals surface area contributed by atoms with E-state index < -0.39 is 14.9 Å². The molecule has 1 N–H and O–H groups in total. The lowest BCUT2D eigenvalue weighted by Gasteiger charge is -2.04. The van der Waals surface area contributed by atoms with E-state index in [9.17, 15) is 18.5 Å². The maximum absolute atomic E-state index is 12.4. The third-order valence-corrected chi connectivity index (χ3v) is 5.63. The van der Waals surface area contributed by atoms with Gasteiger partial charge in [-0.25, -0.2) is 13.4 Å². The molecule has 0 unspecified atom stereocenters. The van der Waals surface area contributed by atoms with Crippen LogP contribution in [0.5, 0.6) is 5.75 Å². The quantitative estimate of drug-likeness (QED) is 0.519. The Labute approximate surface area is 147 Å². The summed E-state index contributed by atoms with van der Waals surface area (Å²) in [4.78, 5) is 14.2. The van der Waals surface area contributed by atoms with E-state index in [4.69, 9.17) is 4.74 Å². The fourth-order valence-electron chi connectivity index (χ4n) is 2.14. The number of aromatic nitrogens is 1. The summed E-state index contributed by atoms with van der Waals surface area (Å²) >= 11 is 1.15. The topological polar surface area (TPSA) is 111 Å². The Morgan fingerprint density at radius 1 is 1.28 bits per heavy atom. The van der Waals surface area contributed by atoms with Gasteiger partial charge in [0.05, 0.1) is 26.6 Å². The number of thiazole rings is 1. The summed E-state index contributed by atoms with van der Waals surface area (Å²) in [5.41, 5.74) is 0.332. The highest BCUT2D eigenvalue weighted by Crippen LogP contribution is 2.31. The number of non-ortho nitro benzene ring substituents is 1. The first-order valence-corrected chi connectivity index (χ1v) is 9.49. The van der Waals surface area contributed by atoms with Crippen LogP contribution in [-0.2, 0) is 10.0 Å². The van der Waals surface area contributed by atoms with Gasteiger partial charge >= 0.3 is 0 Å². The molecule has 10 heteroatoms. The van der Waals surface area contributed by atoms with E-state index in [2.05, 4.69) is 9.71 Å². The van der Waals surface area contributed by atoms with Crippen molar-refractivity contribution in [2.24, 2.45) is 0 Å². The molecule has 2 aromatic carbocycles. The van der Waals surface area contributed by atoms with E-state index in [1.165, 1.54) is 18.2 Å². The van der Waals surface area contributed by atoms with Crippen molar-refractivity contribution >= 4 is 42.4 Å². The number of nitrogens with one attached hydrogen (secondary N) is 1. The Kier molecular flexibility index (Phi) is 4.55. The Morgan fingerprint density at radius 3 is 2.80 bits per heavy atom. The number of ether oxygens (including phenoxy) is 1. The van der Waals surface area contributed by atoms with E-state index in [-0.39, 0.29) is 15.7 Å². The van der Waals surface area contributed by atoms with Crippen molar-refractivity contribution in [1.82, 2.24) is 4.98 Å². The average molecular weight is 379 g/mol. The predicted molar refractivity (Wildman–Crippen MR) is 94.7 cm³/mol. The van der Waals surface area contributed by atoms with Crippen LogP contribution in [0.25, 0.3) is 10.2 Å². The molecular formula is C15H13N3O5S2. The highest BCUT2D eigenvalue weighted by Gasteiger charge is 2.19. The number of benzene rings is 2. The molecule has 3 aromatic rings. The molecule has 0 fully saturated rings. The Morgan fingerprint density at radius 2 is 2.08 bits per heavy atom. The lowest BCUT2D eigenvalue weighted by molar-refractivity contribution is -0.385. The van der Waals surface area contributed by atoms with Crippen molar-refractivity contribution in [3.8, 4) is 5.75 Å². The van der Waals surface area contributed by atoms with E-state index in [1.54, 1.807) is 18.2 Å². The molecule has 1 aromatic heterocycles. The van der Waals surface area contributed by atoms with Crippen molar-refractivity contribution in [3.63, 3.8) is 0 Å². The van der Waals surface area contributed by atoms with Crippen LogP contribution < -0.4 is 9.46 Å². The molecule has 0 aliphatic rings. The maximum Gasteiger partial charge on any atom is 0.270 e. The van der Waals surface area contributed by atoms with Crippen molar-refractivity contribution in [2.45, 2.75) is 11.8 Å². The fourth-order valence-corrected chi connectivity index (χ4v) is 4.31. The first-order valence-electron chi connectivity index (χ1n) is 7.20. The molecule has 0 atom stereocenters. The molecule has 3 rings (SSSR count). The van der Waals surface area contributed by atoms with Gasteiger partial charge in [0.15, 0.2) is 5.13 Å². The molecule has 0 aliphatic heterocycles. The fraction of sp³-hybridized carbons (Fsp3) is 0.133. The Bertz CT molecular complexity index is 1050. The number of hydrogen-bond donors (Lipinski definition) is 1. The molecule has 0 saturated heterocycles. The largest absolute Gasteiger partial charge is 0.494 e. The number of nitro benzene ring substituents is 1. The van der Waals surface area contributed by atoms with Crippen LogP contribution in [0.4, 0.5) is 10.8 Å². The molecular weight excluding hydrogens is 366 g/mol. The zero-order valence-electron chi connectivity index (χ0n) is 13.0. The average Bonchev–Trinajstić information content (AvgIpc) is 2.96. The van der Waals surface area contributed by atoms with Gasteiger partial charge in [0.1, 0.15) is 5.75 Å². The summed E-state index contributed by atoms with van der Waals surface area (Å²) < 4.78 is 33.4. The SMILES string of the molecule is CCOc1ccc2nc(NS(=O)(=O)c3cccc([N+](=O)[O-])c3)sc2c1. The third-order valence-electron chi connectivity index (χ3n) is 3.23. The molecule has 0 bridgehead atoms. The van der Waals surface area contributed by atoms with Crippen LogP contribution in [-0.4, -0.2) is 24.9 Å². The van der Waals surface area contributed by atoms with Crippen LogP contribution >= 0.6 is 11.3 Å². The molecule has 0 amide bonds. The van der Waals surface area contributed by atoms with Crippen molar-refractivity contribution < 1.29 is 18.1 Å². The van der Waals surface area contributed by atoms with E-state index in [1.807, 2.05) is 6.92 Å². The minimum Gasteiger partial charge on any atom is -0.494 e. The highest BCUT2D eigenvalue weighted by atomic mass is 32.2. The zero-order chi connectivity index (χ0) is 18.0. The monoisotopic (exact) mass is 379 g/mol. The predicted octanol–water partition coefficient (Wildman–Crippen LogP) is 3.40. The highest BCUT2D eigenvalue weighted by molar-refractivity contribution is 7.93. The van der Waals surface area contributed by atoms with Crippen molar-refractivity contribution in [3.05, 3.63) is 52.6 Å². The van der Waals surface area contributed by atoms with Crippen molar-refractivity contribution in [1.29, 1.82) is 0 Å². The first kappa shape index (κ1) is 17.1. The third kappa shape index (κ3) is 3.69. The number of nitro groups is 1. The molecule has 1 heterocycles. The second-order valence-electron chi connectivity index (χ2n) is 4.94. The number of rotatable bonds is 6. The van der Waals surface area contributed by atoms with E-state index in [0.717, 1.165) is 22.1 Å². The molecule has 25 heavy (non-hydrogen) atoms. The summed E-state index contributed by atoms with van der Waals surface area (Å²) in [6.45, 7) is 2.39. The second-order valence-corrected chi connectivity index (χ2v) is 7.65. The summed E-state index contributed by atoms with van der Waals surface area (Å²) in [6, 6.07) is 10.1. The van der Waals surface area contributed by atoms with Gasteiger partial charge in [0, 0.05) is 12.1 Å². The van der Waals surface area contributed by atoms with Gasteiger partial charge in [-0.2, -0.15) is 0 Å². The molecule has 0 radical (unpaired) electrons. The van der Waals surface area contributed by atoms with Crippen LogP contribution in [0.2, 0.25) is 0 Å². The lowest BCUT2D eigenvalue weighted by atomic mass is 10.3. The van der Waals surface area contributed by atoms with E-state index in [0.29, 0.717) is 17.9 Å². The van der Waals surface area contributed by atoms with Gasteiger partial charge < -0.3 is 4.74 Å². The lowest BCUT2D eigenvalue weighted by Crippen LogP contribution is -2.12. The number of sulfonamides is 1. The van der Waals surface area contributed by atoms with Crippen LogP contribution in [0.3, 0.4) is 0 Å². The minimum atomic E-state index is -3.98. The molecule has 0 spiro atoms.